The van der Waals surface area contributed by atoms with Crippen LogP contribution in [0.5, 0.6) is 11.5 Å². The fraction of sp³-hybridized carbons (Fsp3) is 0.514. The summed E-state index contributed by atoms with van der Waals surface area (Å²) in [5.74, 6) is 2.10. The van der Waals surface area contributed by atoms with E-state index in [1.165, 1.54) is 22.4 Å². The van der Waals surface area contributed by atoms with Crippen LogP contribution in [-0.4, -0.2) is 66.3 Å². The average molecular weight is 603 g/mol. The summed E-state index contributed by atoms with van der Waals surface area (Å²) in [6.45, 7) is 11.8. The van der Waals surface area contributed by atoms with Crippen molar-refractivity contribution < 1.29 is 23.7 Å². The van der Waals surface area contributed by atoms with Crippen LogP contribution in [0.1, 0.15) is 61.3 Å². The third kappa shape index (κ3) is 8.33. The maximum Gasteiger partial charge on any atom is 0.124 e. The number of nitrogens with zero attached hydrogens (tertiary/aromatic N) is 1. The Balaban J connectivity index is 1.10. The summed E-state index contributed by atoms with van der Waals surface area (Å²) in [6, 6.07) is 23.4. The molecule has 3 aromatic carbocycles. The molecule has 2 aliphatic heterocycles. The van der Waals surface area contributed by atoms with Gasteiger partial charge in [0.2, 0.25) is 0 Å². The minimum Gasteiger partial charge on any atom is -0.496 e. The van der Waals surface area contributed by atoms with Gasteiger partial charge in [0.25, 0.3) is 0 Å². The average Bonchev–Trinajstić information content (AvgIpc) is 3.31. The topological polar surface area (TPSA) is 61.4 Å². The first-order valence-corrected chi connectivity index (χ1v) is 16.1. The predicted octanol–water partition coefficient (Wildman–Crippen LogP) is 6.48. The van der Waals surface area contributed by atoms with Gasteiger partial charge in [-0.15, -0.1) is 0 Å². The highest BCUT2D eigenvalue weighted by Gasteiger charge is 2.35. The molecule has 0 bridgehead atoms. The fourth-order valence-corrected chi connectivity index (χ4v) is 6.50. The first-order valence-electron chi connectivity index (χ1n) is 16.1. The van der Waals surface area contributed by atoms with Gasteiger partial charge in [0.15, 0.2) is 0 Å². The molecule has 2 heterocycles. The van der Waals surface area contributed by atoms with Gasteiger partial charge in [-0.1, -0.05) is 56.3 Å². The van der Waals surface area contributed by atoms with Crippen molar-refractivity contribution in [1.29, 1.82) is 0 Å². The molecule has 3 aromatic rings. The van der Waals surface area contributed by atoms with Crippen LogP contribution in [0.4, 0.5) is 5.69 Å². The van der Waals surface area contributed by atoms with Crippen LogP contribution in [0, 0.1) is 0 Å². The summed E-state index contributed by atoms with van der Waals surface area (Å²) in [7, 11) is 3.46. The first-order chi connectivity index (χ1) is 21.5. The Hall–Kier alpha value is -3.10. The molecule has 1 fully saturated rings. The number of anilines is 1. The second-order valence-electron chi connectivity index (χ2n) is 12.6. The lowest BCUT2D eigenvalue weighted by molar-refractivity contribution is 0.0106. The number of benzene rings is 3. The number of hydrogen-bond acceptors (Lipinski definition) is 7. The predicted molar refractivity (Wildman–Crippen MR) is 176 cm³/mol. The zero-order chi connectivity index (χ0) is 30.8. The van der Waals surface area contributed by atoms with Gasteiger partial charge in [0, 0.05) is 62.4 Å². The van der Waals surface area contributed by atoms with Crippen molar-refractivity contribution in [1.82, 2.24) is 5.32 Å². The lowest BCUT2D eigenvalue weighted by atomic mass is 9.86. The molecule has 0 spiro atoms. The van der Waals surface area contributed by atoms with Gasteiger partial charge in [0.1, 0.15) is 11.5 Å². The maximum atomic E-state index is 6.61. The molecule has 0 aromatic heterocycles. The molecule has 5 rings (SSSR count). The number of para-hydroxylation sites is 1. The van der Waals surface area contributed by atoms with E-state index in [-0.39, 0.29) is 11.5 Å². The SMILES string of the molecule is COCCCN1CC(C)(C)c2ccc(CO[C@H]3CNCC[C@@H]3c3ccc(OCCCOCc4ccccc4OC)cc3)cc21. The third-order valence-electron chi connectivity index (χ3n) is 8.85. The van der Waals surface area contributed by atoms with E-state index in [0.29, 0.717) is 32.3 Å². The largest absolute Gasteiger partial charge is 0.496 e. The standard InChI is InChI=1S/C37H50N2O5/c1-37(2)27-39(19-7-20-40-3)34-23-28(11-16-33(34)37)25-44-36-24-38-18-17-32(36)29-12-14-31(15-13-29)43-22-8-21-42-26-30-9-5-6-10-35(30)41-4/h5-6,9-16,23,32,36,38H,7-8,17-22,24-27H2,1-4H3/t32-,36+/m1/s1. The minimum absolute atomic E-state index is 0.124. The van der Waals surface area contributed by atoms with Crippen LogP contribution in [0.15, 0.2) is 66.7 Å². The Morgan fingerprint density at radius 2 is 1.75 bits per heavy atom. The zero-order valence-electron chi connectivity index (χ0n) is 27.0. The van der Waals surface area contributed by atoms with Crippen LogP contribution >= 0.6 is 0 Å². The molecule has 44 heavy (non-hydrogen) atoms. The van der Waals surface area contributed by atoms with Gasteiger partial charge in [-0.25, -0.2) is 0 Å². The molecule has 0 radical (unpaired) electrons. The third-order valence-corrected chi connectivity index (χ3v) is 8.85. The molecule has 238 valence electrons. The van der Waals surface area contributed by atoms with E-state index in [0.717, 1.165) is 69.1 Å². The summed E-state index contributed by atoms with van der Waals surface area (Å²) in [5, 5.41) is 3.54. The van der Waals surface area contributed by atoms with E-state index < -0.39 is 0 Å². The molecule has 0 aliphatic carbocycles. The maximum absolute atomic E-state index is 6.61. The second-order valence-corrected chi connectivity index (χ2v) is 12.6. The first kappa shape index (κ1) is 32.3. The molecule has 2 aliphatic rings. The van der Waals surface area contributed by atoms with Crippen molar-refractivity contribution in [3.8, 4) is 11.5 Å². The quantitative estimate of drug-likeness (QED) is 0.188. The molecule has 0 amide bonds. The highest BCUT2D eigenvalue weighted by molar-refractivity contribution is 5.63. The number of rotatable bonds is 16. The van der Waals surface area contributed by atoms with Crippen molar-refractivity contribution in [3.63, 3.8) is 0 Å². The molecule has 7 nitrogen and oxygen atoms in total. The summed E-state index contributed by atoms with van der Waals surface area (Å²) in [5.41, 5.74) is 6.54. The number of piperidine rings is 1. The molecule has 1 N–H and O–H groups in total. The van der Waals surface area contributed by atoms with E-state index in [2.05, 4.69) is 66.5 Å². The summed E-state index contributed by atoms with van der Waals surface area (Å²) in [4.78, 5) is 2.52. The summed E-state index contributed by atoms with van der Waals surface area (Å²) < 4.78 is 29.1. The Kier molecular flexibility index (Phi) is 11.6. The monoisotopic (exact) mass is 602 g/mol. The Bertz CT molecular complexity index is 1310. The molecule has 1 saturated heterocycles. The van der Waals surface area contributed by atoms with Crippen LogP contribution in [0.2, 0.25) is 0 Å². The van der Waals surface area contributed by atoms with Gasteiger partial charge in [-0.2, -0.15) is 0 Å². The van der Waals surface area contributed by atoms with Crippen LogP contribution in [-0.2, 0) is 32.8 Å². The summed E-state index contributed by atoms with van der Waals surface area (Å²) in [6.07, 6.45) is 3.04. The van der Waals surface area contributed by atoms with E-state index >= 15 is 0 Å². The molecule has 7 heteroatoms. The Morgan fingerprint density at radius 3 is 2.57 bits per heavy atom. The van der Waals surface area contributed by atoms with E-state index in [1.807, 2.05) is 24.3 Å². The molecule has 2 atom stereocenters. The molecular weight excluding hydrogens is 552 g/mol. The number of nitrogens with one attached hydrogen (secondary N) is 1. The normalized spacial score (nSPS) is 19.1. The zero-order valence-corrected chi connectivity index (χ0v) is 27.0. The van der Waals surface area contributed by atoms with Gasteiger partial charge in [-0.3, -0.25) is 0 Å². The van der Waals surface area contributed by atoms with Gasteiger partial charge in [0.05, 0.1) is 39.6 Å². The smallest absolute Gasteiger partial charge is 0.124 e. The number of methoxy groups -OCH3 is 2. The summed E-state index contributed by atoms with van der Waals surface area (Å²) >= 11 is 0. The fourth-order valence-electron chi connectivity index (χ4n) is 6.50. The van der Waals surface area contributed by atoms with Crippen LogP contribution in [0.25, 0.3) is 0 Å². The van der Waals surface area contributed by atoms with Crippen LogP contribution < -0.4 is 19.7 Å². The van der Waals surface area contributed by atoms with Gasteiger partial charge in [-0.05, 0) is 60.3 Å². The van der Waals surface area contributed by atoms with E-state index in [9.17, 15) is 0 Å². The van der Waals surface area contributed by atoms with Crippen molar-refractivity contribution >= 4 is 5.69 Å². The molecule has 0 unspecified atom stereocenters. The van der Waals surface area contributed by atoms with Gasteiger partial charge >= 0.3 is 0 Å². The van der Waals surface area contributed by atoms with Crippen molar-refractivity contribution in [2.75, 3.05) is 65.1 Å². The van der Waals surface area contributed by atoms with Gasteiger partial charge < -0.3 is 33.9 Å². The van der Waals surface area contributed by atoms with Crippen molar-refractivity contribution in [3.05, 3.63) is 89.0 Å². The minimum atomic E-state index is 0.124. The number of ether oxygens (including phenoxy) is 5. The Labute approximate surface area is 263 Å². The van der Waals surface area contributed by atoms with Crippen LogP contribution in [0.3, 0.4) is 0 Å². The van der Waals surface area contributed by atoms with E-state index in [4.69, 9.17) is 23.7 Å². The second kappa shape index (κ2) is 15.8. The lowest BCUT2D eigenvalue weighted by Gasteiger charge is -2.32. The van der Waals surface area contributed by atoms with Crippen molar-refractivity contribution in [2.45, 2.75) is 63.8 Å². The number of hydrogen-bond donors (Lipinski definition) is 1. The molecule has 0 saturated carbocycles. The molecular formula is C37H50N2O5. The number of fused-ring (bicyclic) bond motifs is 1. The highest BCUT2D eigenvalue weighted by Crippen LogP contribution is 2.41. The van der Waals surface area contributed by atoms with Crippen molar-refractivity contribution in [2.24, 2.45) is 0 Å². The van der Waals surface area contributed by atoms with E-state index in [1.54, 1.807) is 14.2 Å². The highest BCUT2D eigenvalue weighted by atomic mass is 16.5. The Morgan fingerprint density at radius 1 is 0.909 bits per heavy atom. The lowest BCUT2D eigenvalue weighted by Crippen LogP contribution is -2.40.